The van der Waals surface area contributed by atoms with Crippen LogP contribution >= 0.6 is 11.6 Å². The van der Waals surface area contributed by atoms with E-state index in [1.165, 1.54) is 4.31 Å². The molecule has 1 heterocycles. The fraction of sp³-hybridized carbons (Fsp3) is 0.350. The van der Waals surface area contributed by atoms with E-state index in [0.29, 0.717) is 30.3 Å². The molecule has 0 aliphatic carbocycles. The molecular weight excluding hydrogens is 398 g/mol. The fourth-order valence-corrected chi connectivity index (χ4v) is 4.85. The number of hydrogen-bond acceptors (Lipinski definition) is 3. The molecule has 3 rings (SSSR count). The van der Waals surface area contributed by atoms with Gasteiger partial charge in [-0.3, -0.25) is 4.79 Å². The van der Waals surface area contributed by atoms with E-state index in [1.807, 2.05) is 36.5 Å². The van der Waals surface area contributed by atoms with Crippen molar-refractivity contribution in [3.8, 4) is 0 Å². The molecule has 0 radical (unpaired) electrons. The zero-order valence-corrected chi connectivity index (χ0v) is 17.3. The van der Waals surface area contributed by atoms with Gasteiger partial charge in [-0.05, 0) is 50.1 Å². The lowest BCUT2D eigenvalue weighted by Gasteiger charge is -2.16. The van der Waals surface area contributed by atoms with Crippen molar-refractivity contribution in [2.45, 2.75) is 37.2 Å². The summed E-state index contributed by atoms with van der Waals surface area (Å²) in [5.41, 5.74) is 1.55. The number of sulfonamides is 1. The SMILES string of the molecule is C[C@H]([NH2+]Cc1ccccc1Cl)C(=O)Nc1ccc(S(=O)(=O)N2CCCC2)cc1. The Labute approximate surface area is 170 Å². The lowest BCUT2D eigenvalue weighted by atomic mass is 10.2. The number of anilines is 1. The third-order valence-corrected chi connectivity index (χ3v) is 7.17. The Hall–Kier alpha value is -1.93. The van der Waals surface area contributed by atoms with Crippen molar-refractivity contribution in [1.29, 1.82) is 0 Å². The number of halogens is 1. The molecule has 0 aromatic heterocycles. The zero-order valence-electron chi connectivity index (χ0n) is 15.8. The van der Waals surface area contributed by atoms with Crippen molar-refractivity contribution in [2.24, 2.45) is 0 Å². The molecule has 150 valence electrons. The number of hydrogen-bond donors (Lipinski definition) is 2. The van der Waals surface area contributed by atoms with Crippen molar-refractivity contribution in [2.75, 3.05) is 18.4 Å². The third-order valence-electron chi connectivity index (χ3n) is 4.89. The quantitative estimate of drug-likeness (QED) is 0.717. The summed E-state index contributed by atoms with van der Waals surface area (Å²) >= 11 is 6.14. The van der Waals surface area contributed by atoms with E-state index in [0.717, 1.165) is 18.4 Å². The number of benzene rings is 2. The third kappa shape index (κ3) is 4.91. The summed E-state index contributed by atoms with van der Waals surface area (Å²) in [4.78, 5) is 12.7. The number of nitrogens with one attached hydrogen (secondary N) is 1. The molecule has 0 unspecified atom stereocenters. The molecule has 0 bridgehead atoms. The predicted octanol–water partition coefficient (Wildman–Crippen LogP) is 2.22. The van der Waals surface area contributed by atoms with E-state index < -0.39 is 10.0 Å². The number of rotatable bonds is 7. The standard InChI is InChI=1S/C20H24ClN3O3S/c1-15(22-14-16-6-2-3-7-19(16)21)20(25)23-17-8-10-18(11-9-17)28(26,27)24-12-4-5-13-24/h2-3,6-11,15,22H,4-5,12-14H2,1H3,(H,23,25)/p+1/t15-/m0/s1. The minimum absolute atomic E-state index is 0.151. The van der Waals surface area contributed by atoms with E-state index in [1.54, 1.807) is 24.3 Å². The van der Waals surface area contributed by atoms with E-state index in [-0.39, 0.29) is 16.8 Å². The van der Waals surface area contributed by atoms with Crippen LogP contribution in [0.15, 0.2) is 53.4 Å². The van der Waals surface area contributed by atoms with Gasteiger partial charge < -0.3 is 10.6 Å². The zero-order chi connectivity index (χ0) is 20.1. The van der Waals surface area contributed by atoms with Crippen LogP contribution in [0.4, 0.5) is 5.69 Å². The van der Waals surface area contributed by atoms with Gasteiger partial charge in [-0.1, -0.05) is 29.8 Å². The van der Waals surface area contributed by atoms with Crippen molar-refractivity contribution in [3.63, 3.8) is 0 Å². The maximum Gasteiger partial charge on any atom is 0.282 e. The second-order valence-electron chi connectivity index (χ2n) is 6.94. The van der Waals surface area contributed by atoms with Gasteiger partial charge >= 0.3 is 0 Å². The van der Waals surface area contributed by atoms with Crippen LogP contribution in [0.25, 0.3) is 0 Å². The molecule has 6 nitrogen and oxygen atoms in total. The van der Waals surface area contributed by atoms with Crippen molar-refractivity contribution < 1.29 is 18.5 Å². The summed E-state index contributed by atoms with van der Waals surface area (Å²) in [6, 6.07) is 13.6. The van der Waals surface area contributed by atoms with Gasteiger partial charge in [0.15, 0.2) is 6.04 Å². The molecule has 1 aliphatic rings. The Kier molecular flexibility index (Phi) is 6.72. The molecule has 1 amide bonds. The molecule has 8 heteroatoms. The van der Waals surface area contributed by atoms with Gasteiger partial charge in [0, 0.05) is 29.4 Å². The van der Waals surface area contributed by atoms with E-state index in [9.17, 15) is 13.2 Å². The summed E-state index contributed by atoms with van der Waals surface area (Å²) in [6.07, 6.45) is 1.80. The van der Waals surface area contributed by atoms with Gasteiger partial charge in [0.25, 0.3) is 5.91 Å². The first-order valence-corrected chi connectivity index (χ1v) is 11.2. The molecule has 1 aliphatic heterocycles. The average Bonchev–Trinajstić information content (AvgIpc) is 3.23. The Morgan fingerprint density at radius 1 is 1.14 bits per heavy atom. The smallest absolute Gasteiger partial charge is 0.282 e. The van der Waals surface area contributed by atoms with Crippen LogP contribution in [-0.2, 0) is 21.4 Å². The molecule has 0 spiro atoms. The Morgan fingerprint density at radius 3 is 2.43 bits per heavy atom. The van der Waals surface area contributed by atoms with Gasteiger partial charge in [0.2, 0.25) is 10.0 Å². The number of carbonyl (C=O) groups excluding carboxylic acids is 1. The first kappa shape index (κ1) is 20.8. The maximum atomic E-state index is 12.5. The number of amides is 1. The second kappa shape index (κ2) is 9.05. The van der Waals surface area contributed by atoms with Crippen LogP contribution in [0.5, 0.6) is 0 Å². The van der Waals surface area contributed by atoms with E-state index in [2.05, 4.69) is 5.32 Å². The molecule has 2 aromatic rings. The molecular formula is C20H25ClN3O3S+. The highest BCUT2D eigenvalue weighted by atomic mass is 35.5. The number of carbonyl (C=O) groups is 1. The van der Waals surface area contributed by atoms with Crippen LogP contribution in [0, 0.1) is 0 Å². The fourth-order valence-electron chi connectivity index (χ4n) is 3.12. The Morgan fingerprint density at radius 2 is 1.79 bits per heavy atom. The number of nitrogens with zero attached hydrogens (tertiary/aromatic N) is 1. The van der Waals surface area contributed by atoms with E-state index in [4.69, 9.17) is 11.6 Å². The van der Waals surface area contributed by atoms with Gasteiger partial charge in [-0.25, -0.2) is 8.42 Å². The molecule has 1 fully saturated rings. The summed E-state index contributed by atoms with van der Waals surface area (Å²) in [6.45, 7) is 3.55. The van der Waals surface area contributed by atoms with Gasteiger partial charge in [-0.2, -0.15) is 4.31 Å². The first-order chi connectivity index (χ1) is 13.4. The first-order valence-electron chi connectivity index (χ1n) is 9.36. The second-order valence-corrected chi connectivity index (χ2v) is 9.29. The summed E-state index contributed by atoms with van der Waals surface area (Å²) in [5.74, 6) is -0.151. The lowest BCUT2D eigenvalue weighted by molar-refractivity contribution is -0.688. The van der Waals surface area contributed by atoms with Gasteiger partial charge in [0.1, 0.15) is 6.54 Å². The molecule has 0 saturated carbocycles. The number of quaternary nitrogens is 1. The van der Waals surface area contributed by atoms with Crippen LogP contribution in [0.1, 0.15) is 25.3 Å². The summed E-state index contributed by atoms with van der Waals surface area (Å²) in [5, 5.41) is 5.42. The normalized spacial score (nSPS) is 16.1. The van der Waals surface area contributed by atoms with Gasteiger partial charge in [-0.15, -0.1) is 0 Å². The highest BCUT2D eigenvalue weighted by molar-refractivity contribution is 7.89. The minimum atomic E-state index is -3.44. The van der Waals surface area contributed by atoms with Crippen molar-refractivity contribution >= 4 is 33.2 Å². The Bertz CT molecular complexity index is 926. The molecule has 2 aromatic carbocycles. The number of nitrogens with two attached hydrogens (primary N) is 1. The van der Waals surface area contributed by atoms with Crippen molar-refractivity contribution in [3.05, 3.63) is 59.1 Å². The lowest BCUT2D eigenvalue weighted by Crippen LogP contribution is -2.90. The van der Waals surface area contributed by atoms with Gasteiger partial charge in [0.05, 0.1) is 4.90 Å². The highest BCUT2D eigenvalue weighted by Gasteiger charge is 2.27. The molecule has 28 heavy (non-hydrogen) atoms. The largest absolute Gasteiger partial charge is 0.332 e. The van der Waals surface area contributed by atoms with E-state index >= 15 is 0 Å². The van der Waals surface area contributed by atoms with Crippen LogP contribution in [0.3, 0.4) is 0 Å². The molecule has 1 saturated heterocycles. The van der Waals surface area contributed by atoms with Crippen LogP contribution in [-0.4, -0.2) is 37.8 Å². The maximum absolute atomic E-state index is 12.5. The summed E-state index contributed by atoms with van der Waals surface area (Å²) < 4.78 is 26.6. The monoisotopic (exact) mass is 422 g/mol. The molecule has 3 N–H and O–H groups in total. The summed E-state index contributed by atoms with van der Waals surface area (Å²) in [7, 11) is -3.44. The average molecular weight is 423 g/mol. The highest BCUT2D eigenvalue weighted by Crippen LogP contribution is 2.22. The van der Waals surface area contributed by atoms with Crippen LogP contribution in [0.2, 0.25) is 5.02 Å². The van der Waals surface area contributed by atoms with Crippen LogP contribution < -0.4 is 10.6 Å². The van der Waals surface area contributed by atoms with Crippen molar-refractivity contribution in [1.82, 2.24) is 4.31 Å². The topological polar surface area (TPSA) is 83.1 Å². The minimum Gasteiger partial charge on any atom is -0.332 e. The molecule has 1 atom stereocenters. The predicted molar refractivity (Wildman–Crippen MR) is 110 cm³/mol. The Balaban J connectivity index is 1.57.